The van der Waals surface area contributed by atoms with Gasteiger partial charge in [-0.25, -0.2) is 4.39 Å². The Bertz CT molecular complexity index is 1240. The van der Waals surface area contributed by atoms with Crippen LogP contribution in [0.4, 0.5) is 4.39 Å². The van der Waals surface area contributed by atoms with Crippen LogP contribution in [0.2, 0.25) is 0 Å². The maximum atomic E-state index is 13.9. The van der Waals surface area contributed by atoms with Gasteiger partial charge in [0.1, 0.15) is 11.4 Å². The van der Waals surface area contributed by atoms with Crippen molar-refractivity contribution in [1.29, 1.82) is 0 Å². The molecule has 0 bridgehead atoms. The molecule has 8 heteroatoms. The fraction of sp³-hybridized carbons (Fsp3) is 0.333. The number of ether oxygens (including phenoxy) is 2. The van der Waals surface area contributed by atoms with Crippen LogP contribution in [-0.2, 0) is 0 Å². The zero-order valence-corrected chi connectivity index (χ0v) is 18.5. The summed E-state index contributed by atoms with van der Waals surface area (Å²) in [6.07, 6.45) is 0.692. The Morgan fingerprint density at radius 3 is 2.59 bits per heavy atom. The summed E-state index contributed by atoms with van der Waals surface area (Å²) in [4.78, 5) is 30.5. The van der Waals surface area contributed by atoms with E-state index in [2.05, 4.69) is 0 Å². The van der Waals surface area contributed by atoms with Gasteiger partial charge in [-0.05, 0) is 51.3 Å². The van der Waals surface area contributed by atoms with E-state index in [1.165, 1.54) is 26.4 Å². The molecular formula is C24H25FN2O5. The molecule has 168 valence electrons. The molecule has 0 spiro atoms. The van der Waals surface area contributed by atoms with E-state index in [0.717, 1.165) is 12.6 Å². The van der Waals surface area contributed by atoms with Gasteiger partial charge in [-0.1, -0.05) is 12.1 Å². The van der Waals surface area contributed by atoms with Crippen LogP contribution in [0.25, 0.3) is 11.0 Å². The van der Waals surface area contributed by atoms with Gasteiger partial charge in [0.2, 0.25) is 5.76 Å². The lowest BCUT2D eigenvalue weighted by Crippen LogP contribution is -2.32. The topological polar surface area (TPSA) is 72.2 Å². The number of nitrogens with zero attached hydrogens (tertiary/aromatic N) is 2. The third-order valence-corrected chi connectivity index (χ3v) is 5.66. The highest BCUT2D eigenvalue weighted by atomic mass is 19.1. The lowest BCUT2D eigenvalue weighted by atomic mass is 9.97. The van der Waals surface area contributed by atoms with Crippen molar-refractivity contribution in [2.24, 2.45) is 0 Å². The molecule has 0 N–H and O–H groups in total. The number of para-hydroxylation sites is 1. The van der Waals surface area contributed by atoms with Gasteiger partial charge in [0.15, 0.2) is 16.9 Å². The van der Waals surface area contributed by atoms with Gasteiger partial charge >= 0.3 is 0 Å². The molecule has 2 aromatic carbocycles. The van der Waals surface area contributed by atoms with Crippen LogP contribution in [0, 0.1) is 5.82 Å². The Balaban J connectivity index is 1.95. The molecule has 4 rings (SSSR count). The van der Waals surface area contributed by atoms with Gasteiger partial charge in [-0.2, -0.15) is 0 Å². The van der Waals surface area contributed by atoms with E-state index in [0.29, 0.717) is 30.0 Å². The largest absolute Gasteiger partial charge is 0.493 e. The Labute approximate surface area is 184 Å². The van der Waals surface area contributed by atoms with Gasteiger partial charge < -0.3 is 23.7 Å². The molecule has 7 nitrogen and oxygen atoms in total. The molecule has 1 aliphatic rings. The average molecular weight is 440 g/mol. The Morgan fingerprint density at radius 1 is 1.12 bits per heavy atom. The summed E-state index contributed by atoms with van der Waals surface area (Å²) in [5, 5.41) is 0.0959. The monoisotopic (exact) mass is 440 g/mol. The number of benzene rings is 2. The fourth-order valence-electron chi connectivity index (χ4n) is 4.23. The highest BCUT2D eigenvalue weighted by molar-refractivity contribution is 5.99. The number of hydrogen-bond acceptors (Lipinski definition) is 6. The van der Waals surface area contributed by atoms with Crippen molar-refractivity contribution in [1.82, 2.24) is 9.80 Å². The Hall–Kier alpha value is -3.39. The second kappa shape index (κ2) is 8.63. The van der Waals surface area contributed by atoms with Crippen LogP contribution < -0.4 is 14.9 Å². The predicted octanol–water partition coefficient (Wildman–Crippen LogP) is 3.45. The molecule has 0 fully saturated rings. The molecule has 0 saturated heterocycles. The summed E-state index contributed by atoms with van der Waals surface area (Å²) in [5.74, 6) is -0.0365. The zero-order valence-electron chi connectivity index (χ0n) is 18.5. The zero-order chi connectivity index (χ0) is 23.0. The lowest BCUT2D eigenvalue weighted by Gasteiger charge is -2.27. The fourth-order valence-corrected chi connectivity index (χ4v) is 4.23. The lowest BCUT2D eigenvalue weighted by molar-refractivity contribution is 0.0720. The number of hydrogen-bond donors (Lipinski definition) is 0. The molecular weight excluding hydrogens is 415 g/mol. The highest BCUT2D eigenvalue weighted by Gasteiger charge is 2.44. The molecule has 0 radical (unpaired) electrons. The molecule has 1 aliphatic heterocycles. The number of halogens is 1. The van der Waals surface area contributed by atoms with Crippen molar-refractivity contribution in [3.05, 3.63) is 69.3 Å². The van der Waals surface area contributed by atoms with Crippen molar-refractivity contribution in [2.75, 3.05) is 41.4 Å². The van der Waals surface area contributed by atoms with Gasteiger partial charge in [0.05, 0.1) is 31.2 Å². The minimum atomic E-state index is -0.742. The summed E-state index contributed by atoms with van der Waals surface area (Å²) >= 11 is 0. The summed E-state index contributed by atoms with van der Waals surface area (Å²) in [5.41, 5.74) is 0.533. The minimum absolute atomic E-state index is 0.0196. The van der Waals surface area contributed by atoms with Crippen molar-refractivity contribution >= 4 is 16.9 Å². The molecule has 0 saturated carbocycles. The number of fused-ring (bicyclic) bond motifs is 2. The first-order valence-corrected chi connectivity index (χ1v) is 10.3. The maximum Gasteiger partial charge on any atom is 0.290 e. The van der Waals surface area contributed by atoms with Gasteiger partial charge in [-0.15, -0.1) is 0 Å². The van der Waals surface area contributed by atoms with E-state index in [1.54, 1.807) is 23.1 Å². The number of rotatable bonds is 7. The second-order valence-electron chi connectivity index (χ2n) is 7.96. The van der Waals surface area contributed by atoms with Crippen molar-refractivity contribution in [3.63, 3.8) is 0 Å². The molecule has 1 atom stereocenters. The van der Waals surface area contributed by atoms with E-state index in [4.69, 9.17) is 13.9 Å². The molecule has 0 aliphatic carbocycles. The minimum Gasteiger partial charge on any atom is -0.493 e. The van der Waals surface area contributed by atoms with E-state index >= 15 is 0 Å². The molecule has 1 amide bonds. The second-order valence-corrected chi connectivity index (χ2v) is 7.96. The average Bonchev–Trinajstić information content (AvgIpc) is 3.05. The maximum absolute atomic E-state index is 13.9. The third-order valence-electron chi connectivity index (χ3n) is 5.66. The van der Waals surface area contributed by atoms with Gasteiger partial charge in [-0.3, -0.25) is 9.59 Å². The van der Waals surface area contributed by atoms with Crippen LogP contribution in [0.5, 0.6) is 11.5 Å². The number of methoxy groups -OCH3 is 2. The number of carbonyl (C=O) groups is 1. The van der Waals surface area contributed by atoms with E-state index in [1.807, 2.05) is 19.0 Å². The summed E-state index contributed by atoms with van der Waals surface area (Å²) in [7, 11) is 6.94. The summed E-state index contributed by atoms with van der Waals surface area (Å²) in [6.45, 7) is 1.16. The Morgan fingerprint density at radius 2 is 1.91 bits per heavy atom. The molecule has 3 aromatic rings. The first kappa shape index (κ1) is 21.8. The van der Waals surface area contributed by atoms with Crippen LogP contribution in [-0.4, -0.2) is 57.1 Å². The molecule has 1 aromatic heterocycles. The van der Waals surface area contributed by atoms with Crippen molar-refractivity contribution in [3.8, 4) is 11.5 Å². The third kappa shape index (κ3) is 3.60. The number of carbonyl (C=O) groups excluding carboxylic acids is 1. The van der Waals surface area contributed by atoms with E-state index < -0.39 is 17.3 Å². The first-order chi connectivity index (χ1) is 15.4. The van der Waals surface area contributed by atoms with Gasteiger partial charge in [0, 0.05) is 12.1 Å². The van der Waals surface area contributed by atoms with Crippen molar-refractivity contribution in [2.45, 2.75) is 12.5 Å². The van der Waals surface area contributed by atoms with Crippen LogP contribution in [0.1, 0.15) is 34.1 Å². The SMILES string of the molecule is COc1cccc(C2c3c(oc4ccc(F)cc4c3=O)C(=O)N2CCCN(C)C)c1OC. The highest BCUT2D eigenvalue weighted by Crippen LogP contribution is 2.44. The van der Waals surface area contributed by atoms with Crippen LogP contribution in [0.15, 0.2) is 45.6 Å². The molecule has 1 unspecified atom stereocenters. The van der Waals surface area contributed by atoms with Crippen LogP contribution >= 0.6 is 0 Å². The quantitative estimate of drug-likeness (QED) is 0.561. The van der Waals surface area contributed by atoms with Crippen LogP contribution in [0.3, 0.4) is 0 Å². The Kier molecular flexibility index (Phi) is 5.88. The smallest absolute Gasteiger partial charge is 0.290 e. The first-order valence-electron chi connectivity index (χ1n) is 10.3. The van der Waals surface area contributed by atoms with Crippen molar-refractivity contribution < 1.29 is 23.1 Å². The standard InChI is InChI=1S/C24H25FN2O5/c1-26(2)11-6-12-27-20(15-7-5-8-18(30-3)22(15)31-4)19-21(28)16-13-14(25)9-10-17(16)32-23(19)24(27)29/h5,7-10,13,20H,6,11-12H2,1-4H3. The summed E-state index contributed by atoms with van der Waals surface area (Å²) in [6, 6.07) is 8.29. The number of amides is 1. The predicted molar refractivity (Wildman–Crippen MR) is 118 cm³/mol. The van der Waals surface area contributed by atoms with E-state index in [-0.39, 0.29) is 28.2 Å². The molecule has 2 heterocycles. The molecule has 32 heavy (non-hydrogen) atoms. The van der Waals surface area contributed by atoms with Gasteiger partial charge in [0.25, 0.3) is 5.91 Å². The summed E-state index contributed by atoms with van der Waals surface area (Å²) < 4.78 is 30.8. The normalized spacial score (nSPS) is 15.5. The van der Waals surface area contributed by atoms with E-state index in [9.17, 15) is 14.0 Å².